The zero-order valence-electron chi connectivity index (χ0n) is 9.34. The van der Waals surface area contributed by atoms with E-state index in [1.807, 2.05) is 0 Å². The molecule has 0 amide bonds. The van der Waals surface area contributed by atoms with Gasteiger partial charge in [0.15, 0.2) is 5.78 Å². The number of benzene rings is 1. The lowest BCUT2D eigenvalue weighted by Gasteiger charge is -2.09. The molecule has 0 fully saturated rings. The lowest BCUT2D eigenvalue weighted by molar-refractivity contribution is -0.274. The van der Waals surface area contributed by atoms with E-state index in [9.17, 15) is 18.0 Å². The molecule has 0 aromatic heterocycles. The molecule has 0 bridgehead atoms. The van der Waals surface area contributed by atoms with Gasteiger partial charge in [-0.25, -0.2) is 0 Å². The topological polar surface area (TPSA) is 26.3 Å². The minimum Gasteiger partial charge on any atom is -0.406 e. The number of allylic oxidation sites excluding steroid dienone is 2. The fourth-order valence-electron chi connectivity index (χ4n) is 1.31. The molecule has 0 unspecified atom stereocenters. The third kappa shape index (κ3) is 4.72. The number of halogens is 3. The monoisotopic (exact) mass is 244 g/mol. The molecule has 0 spiro atoms. The lowest BCUT2D eigenvalue weighted by atomic mass is 10.1. The molecule has 0 aliphatic heterocycles. The van der Waals surface area contributed by atoms with Gasteiger partial charge >= 0.3 is 6.36 Å². The number of ketones is 1. The highest BCUT2D eigenvalue weighted by Gasteiger charge is 2.30. The first-order chi connectivity index (χ1) is 7.78. The molecule has 0 aliphatic rings. The Labute approximate surface area is 96.7 Å². The molecule has 92 valence electrons. The second kappa shape index (κ2) is 5.03. The summed E-state index contributed by atoms with van der Waals surface area (Å²) < 4.78 is 39.4. The maximum Gasteiger partial charge on any atom is 0.573 e. The predicted octanol–water partition coefficient (Wildman–Crippen LogP) is 3.58. The Bertz CT molecular complexity index is 430. The number of carbonyl (C=O) groups excluding carboxylic acids is 1. The molecule has 17 heavy (non-hydrogen) atoms. The van der Waals surface area contributed by atoms with Gasteiger partial charge in [0, 0.05) is 0 Å². The summed E-state index contributed by atoms with van der Waals surface area (Å²) in [5.74, 6) is -0.394. The van der Waals surface area contributed by atoms with Crippen LogP contribution in [0.3, 0.4) is 0 Å². The standard InChI is InChI=1S/C12H11F3O2/c1-8(7-9(2)16)10-3-5-11(6-4-10)17-12(13,14)15/h3-7H,1-2H3/b8-7-. The molecule has 0 atom stereocenters. The van der Waals surface area contributed by atoms with Crippen LogP contribution in [-0.4, -0.2) is 12.1 Å². The summed E-state index contributed by atoms with van der Waals surface area (Å²) >= 11 is 0. The van der Waals surface area contributed by atoms with Crippen LogP contribution < -0.4 is 4.74 Å². The quantitative estimate of drug-likeness (QED) is 0.759. The van der Waals surface area contributed by atoms with Crippen LogP contribution in [0.4, 0.5) is 13.2 Å². The van der Waals surface area contributed by atoms with Crippen molar-refractivity contribution in [3.05, 3.63) is 35.9 Å². The Kier molecular flexibility index (Phi) is 3.93. The summed E-state index contributed by atoms with van der Waals surface area (Å²) in [7, 11) is 0. The first kappa shape index (κ1) is 13.3. The van der Waals surface area contributed by atoms with Crippen molar-refractivity contribution in [2.24, 2.45) is 0 Å². The van der Waals surface area contributed by atoms with Gasteiger partial charge in [-0.3, -0.25) is 4.79 Å². The highest BCUT2D eigenvalue weighted by molar-refractivity contribution is 5.94. The van der Waals surface area contributed by atoms with Crippen LogP contribution in [0.25, 0.3) is 5.57 Å². The van der Waals surface area contributed by atoms with E-state index in [1.165, 1.54) is 37.3 Å². The van der Waals surface area contributed by atoms with Crippen molar-refractivity contribution >= 4 is 11.4 Å². The van der Waals surface area contributed by atoms with Crippen molar-refractivity contribution in [1.29, 1.82) is 0 Å². The Morgan fingerprint density at radius 3 is 2.12 bits per heavy atom. The molecule has 0 saturated heterocycles. The van der Waals surface area contributed by atoms with Crippen molar-refractivity contribution in [3.63, 3.8) is 0 Å². The minimum absolute atomic E-state index is 0.113. The molecule has 0 N–H and O–H groups in total. The van der Waals surface area contributed by atoms with Crippen molar-refractivity contribution in [3.8, 4) is 5.75 Å². The molecule has 1 rings (SSSR count). The van der Waals surface area contributed by atoms with E-state index in [0.29, 0.717) is 11.1 Å². The van der Waals surface area contributed by atoms with Gasteiger partial charge in [0.25, 0.3) is 0 Å². The highest BCUT2D eigenvalue weighted by Crippen LogP contribution is 2.24. The average Bonchev–Trinajstić information content (AvgIpc) is 2.15. The van der Waals surface area contributed by atoms with Crippen LogP contribution in [0.15, 0.2) is 30.3 Å². The maximum absolute atomic E-state index is 11.9. The molecular formula is C12H11F3O2. The Morgan fingerprint density at radius 2 is 1.71 bits per heavy atom. The minimum atomic E-state index is -4.69. The van der Waals surface area contributed by atoms with Crippen LogP contribution in [-0.2, 0) is 4.79 Å². The third-order valence-electron chi connectivity index (χ3n) is 1.96. The summed E-state index contributed by atoms with van der Waals surface area (Å²) in [6, 6.07) is 5.35. The van der Waals surface area contributed by atoms with E-state index in [1.54, 1.807) is 6.92 Å². The Hall–Kier alpha value is -1.78. The zero-order valence-corrected chi connectivity index (χ0v) is 9.34. The van der Waals surface area contributed by atoms with Gasteiger partial charge in [0.2, 0.25) is 0 Å². The normalized spacial score (nSPS) is 12.4. The van der Waals surface area contributed by atoms with Gasteiger partial charge in [-0.15, -0.1) is 13.2 Å². The average molecular weight is 244 g/mol. The second-order valence-electron chi connectivity index (χ2n) is 3.51. The van der Waals surface area contributed by atoms with Gasteiger partial charge in [0.05, 0.1) is 0 Å². The lowest BCUT2D eigenvalue weighted by Crippen LogP contribution is -2.16. The zero-order chi connectivity index (χ0) is 13.1. The molecular weight excluding hydrogens is 233 g/mol. The smallest absolute Gasteiger partial charge is 0.406 e. The largest absolute Gasteiger partial charge is 0.573 e. The van der Waals surface area contributed by atoms with Crippen LogP contribution in [0.2, 0.25) is 0 Å². The molecule has 0 aliphatic carbocycles. The molecule has 0 heterocycles. The summed E-state index contributed by atoms with van der Waals surface area (Å²) in [4.78, 5) is 10.8. The molecule has 2 nitrogen and oxygen atoms in total. The van der Waals surface area contributed by atoms with Gasteiger partial charge in [-0.1, -0.05) is 12.1 Å². The fourth-order valence-corrected chi connectivity index (χ4v) is 1.31. The van der Waals surface area contributed by atoms with E-state index >= 15 is 0 Å². The van der Waals surface area contributed by atoms with Crippen LogP contribution in [0.5, 0.6) is 5.75 Å². The van der Waals surface area contributed by atoms with Crippen molar-refractivity contribution in [2.75, 3.05) is 0 Å². The first-order valence-corrected chi connectivity index (χ1v) is 4.83. The van der Waals surface area contributed by atoms with E-state index in [2.05, 4.69) is 4.74 Å². The van der Waals surface area contributed by atoms with Gasteiger partial charge in [-0.2, -0.15) is 0 Å². The summed E-state index contributed by atoms with van der Waals surface area (Å²) in [6.45, 7) is 3.12. The number of alkyl halides is 3. The molecule has 5 heteroatoms. The first-order valence-electron chi connectivity index (χ1n) is 4.83. The van der Waals surface area contributed by atoms with Crippen LogP contribution in [0, 0.1) is 0 Å². The molecule has 0 radical (unpaired) electrons. The SMILES string of the molecule is CC(=O)/C=C(/C)c1ccc(OC(F)(F)F)cc1. The number of rotatable bonds is 3. The molecule has 1 aromatic rings. The molecule has 1 aromatic carbocycles. The number of ether oxygens (including phenoxy) is 1. The van der Waals surface area contributed by atoms with E-state index < -0.39 is 6.36 Å². The third-order valence-corrected chi connectivity index (χ3v) is 1.96. The van der Waals surface area contributed by atoms with E-state index in [-0.39, 0.29) is 11.5 Å². The molecule has 0 saturated carbocycles. The van der Waals surface area contributed by atoms with Crippen LogP contribution >= 0.6 is 0 Å². The predicted molar refractivity (Wildman–Crippen MR) is 57.5 cm³/mol. The second-order valence-corrected chi connectivity index (χ2v) is 3.51. The van der Waals surface area contributed by atoms with Crippen molar-refractivity contribution in [2.45, 2.75) is 20.2 Å². The highest BCUT2D eigenvalue weighted by atomic mass is 19.4. The van der Waals surface area contributed by atoms with E-state index in [4.69, 9.17) is 0 Å². The van der Waals surface area contributed by atoms with Gasteiger partial charge in [-0.05, 0) is 43.2 Å². The van der Waals surface area contributed by atoms with Gasteiger partial charge < -0.3 is 4.74 Å². The van der Waals surface area contributed by atoms with E-state index in [0.717, 1.165) is 0 Å². The Balaban J connectivity index is 2.85. The van der Waals surface area contributed by atoms with Crippen molar-refractivity contribution in [1.82, 2.24) is 0 Å². The summed E-state index contributed by atoms with van der Waals surface area (Å²) in [5.41, 5.74) is 1.37. The summed E-state index contributed by atoms with van der Waals surface area (Å²) in [6.07, 6.45) is -3.27. The van der Waals surface area contributed by atoms with Crippen molar-refractivity contribution < 1.29 is 22.7 Å². The number of carbonyl (C=O) groups is 1. The fraction of sp³-hybridized carbons (Fsp3) is 0.250. The number of hydrogen-bond acceptors (Lipinski definition) is 2. The maximum atomic E-state index is 11.9. The van der Waals surface area contributed by atoms with Crippen LogP contribution in [0.1, 0.15) is 19.4 Å². The number of hydrogen-bond donors (Lipinski definition) is 0. The summed E-state index contributed by atoms with van der Waals surface area (Å²) in [5, 5.41) is 0. The Morgan fingerprint density at radius 1 is 1.18 bits per heavy atom. The van der Waals surface area contributed by atoms with Gasteiger partial charge in [0.1, 0.15) is 5.75 Å².